The largest absolute Gasteiger partial charge is 0.311 e. The number of rotatable bonds is 3. The molecular formula is C12H17N. The van der Waals surface area contributed by atoms with Crippen molar-refractivity contribution in [2.75, 3.05) is 6.54 Å². The Kier molecular flexibility index (Phi) is 2.12. The maximum atomic E-state index is 3.36. The van der Waals surface area contributed by atoms with E-state index in [2.05, 4.69) is 49.5 Å². The molecule has 0 bridgehead atoms. The van der Waals surface area contributed by atoms with Gasteiger partial charge in [0.15, 0.2) is 0 Å². The lowest BCUT2D eigenvalue weighted by Gasteiger charge is -2.24. The van der Waals surface area contributed by atoms with E-state index in [1.54, 1.807) is 0 Å². The lowest BCUT2D eigenvalue weighted by molar-refractivity contribution is 0.476. The molecule has 1 aliphatic rings. The van der Waals surface area contributed by atoms with Crippen LogP contribution in [-0.2, 0) is 5.41 Å². The second kappa shape index (κ2) is 3.15. The summed E-state index contributed by atoms with van der Waals surface area (Å²) in [6.45, 7) is 5.85. The van der Waals surface area contributed by atoms with Crippen molar-refractivity contribution >= 4 is 0 Å². The predicted molar refractivity (Wildman–Crippen MR) is 55.9 cm³/mol. The smallest absolute Gasteiger partial charge is 0.0201 e. The molecule has 0 spiro atoms. The second-order valence-electron chi connectivity index (χ2n) is 4.56. The van der Waals surface area contributed by atoms with Gasteiger partial charge in [-0.3, -0.25) is 0 Å². The van der Waals surface area contributed by atoms with E-state index in [4.69, 9.17) is 0 Å². The Morgan fingerprint density at radius 3 is 2.46 bits per heavy atom. The summed E-state index contributed by atoms with van der Waals surface area (Å²) in [5, 5.41) is 3.36. The Balaban J connectivity index is 2.12. The Labute approximate surface area is 80.2 Å². The molecule has 0 aliphatic carbocycles. The van der Waals surface area contributed by atoms with Crippen LogP contribution in [0.25, 0.3) is 0 Å². The van der Waals surface area contributed by atoms with Gasteiger partial charge in [-0.25, -0.2) is 0 Å². The van der Waals surface area contributed by atoms with Crippen molar-refractivity contribution < 1.29 is 0 Å². The first-order valence-electron chi connectivity index (χ1n) is 4.97. The molecule has 1 saturated heterocycles. The molecule has 0 radical (unpaired) electrons. The van der Waals surface area contributed by atoms with E-state index in [0.717, 1.165) is 6.04 Å². The normalized spacial score (nSPS) is 21.5. The Hall–Kier alpha value is -0.820. The highest BCUT2D eigenvalue weighted by molar-refractivity contribution is 5.24. The first-order chi connectivity index (χ1) is 6.18. The molecule has 1 fully saturated rings. The van der Waals surface area contributed by atoms with Crippen LogP contribution in [0.1, 0.15) is 25.8 Å². The minimum atomic E-state index is 0.315. The molecule has 0 aromatic heterocycles. The van der Waals surface area contributed by atoms with Crippen LogP contribution in [0.4, 0.5) is 0 Å². The van der Waals surface area contributed by atoms with Crippen LogP contribution >= 0.6 is 0 Å². The Morgan fingerprint density at radius 1 is 1.31 bits per heavy atom. The van der Waals surface area contributed by atoms with Crippen LogP contribution in [0.3, 0.4) is 0 Å². The van der Waals surface area contributed by atoms with Crippen molar-refractivity contribution in [2.24, 2.45) is 0 Å². The van der Waals surface area contributed by atoms with Gasteiger partial charge in [-0.05, 0) is 17.4 Å². The van der Waals surface area contributed by atoms with E-state index in [-0.39, 0.29) is 0 Å². The van der Waals surface area contributed by atoms with Gasteiger partial charge in [0, 0.05) is 12.6 Å². The second-order valence-corrected chi connectivity index (χ2v) is 4.56. The molecule has 1 aliphatic heterocycles. The van der Waals surface area contributed by atoms with Gasteiger partial charge in [-0.2, -0.15) is 0 Å². The van der Waals surface area contributed by atoms with Crippen LogP contribution in [0.2, 0.25) is 0 Å². The summed E-state index contributed by atoms with van der Waals surface area (Å²) in [6, 6.07) is 11.5. The summed E-state index contributed by atoms with van der Waals surface area (Å²) in [4.78, 5) is 0. The third-order valence-electron chi connectivity index (χ3n) is 2.80. The zero-order chi connectivity index (χ0) is 9.31. The fraction of sp³-hybridized carbons (Fsp3) is 0.500. The lowest BCUT2D eigenvalue weighted by Crippen LogP contribution is -2.20. The standard InChI is InChI=1S/C12H17N/c1-12(2,8-11-9-13-11)10-6-4-3-5-7-10/h3-7,11,13H,8-9H2,1-2H3. The third-order valence-corrected chi connectivity index (χ3v) is 2.80. The first kappa shape index (κ1) is 8.76. The van der Waals surface area contributed by atoms with Crippen molar-refractivity contribution in [3.05, 3.63) is 35.9 Å². The van der Waals surface area contributed by atoms with Crippen molar-refractivity contribution in [1.82, 2.24) is 5.32 Å². The molecule has 1 N–H and O–H groups in total. The highest BCUT2D eigenvalue weighted by Gasteiger charge is 2.30. The summed E-state index contributed by atoms with van der Waals surface area (Å²) in [7, 11) is 0. The third kappa shape index (κ3) is 2.10. The minimum Gasteiger partial charge on any atom is -0.311 e. The molecule has 1 unspecified atom stereocenters. The maximum absolute atomic E-state index is 3.36. The van der Waals surface area contributed by atoms with E-state index in [1.807, 2.05) is 0 Å². The topological polar surface area (TPSA) is 21.9 Å². The number of hydrogen-bond acceptors (Lipinski definition) is 1. The Bertz CT molecular complexity index is 272. The van der Waals surface area contributed by atoms with Gasteiger partial charge in [-0.15, -0.1) is 0 Å². The van der Waals surface area contributed by atoms with Crippen molar-refractivity contribution in [2.45, 2.75) is 31.7 Å². The van der Waals surface area contributed by atoms with Gasteiger partial charge < -0.3 is 5.32 Å². The number of nitrogens with one attached hydrogen (secondary N) is 1. The summed E-state index contributed by atoms with van der Waals surface area (Å²) < 4.78 is 0. The monoisotopic (exact) mass is 175 g/mol. The van der Waals surface area contributed by atoms with Crippen LogP contribution in [0.5, 0.6) is 0 Å². The summed E-state index contributed by atoms with van der Waals surface area (Å²) in [5.74, 6) is 0. The molecule has 0 amide bonds. The molecule has 1 aromatic carbocycles. The zero-order valence-electron chi connectivity index (χ0n) is 8.38. The molecule has 1 atom stereocenters. The van der Waals surface area contributed by atoms with Crippen molar-refractivity contribution in [3.63, 3.8) is 0 Å². The van der Waals surface area contributed by atoms with Gasteiger partial charge in [0.1, 0.15) is 0 Å². The fourth-order valence-corrected chi connectivity index (χ4v) is 1.85. The highest BCUT2D eigenvalue weighted by Crippen LogP contribution is 2.29. The Morgan fingerprint density at radius 2 is 1.92 bits per heavy atom. The van der Waals surface area contributed by atoms with Gasteiger partial charge in [-0.1, -0.05) is 44.2 Å². The van der Waals surface area contributed by atoms with Crippen LogP contribution in [0, 0.1) is 0 Å². The predicted octanol–water partition coefficient (Wildman–Crippen LogP) is 2.33. The highest BCUT2D eigenvalue weighted by atomic mass is 15.1. The van der Waals surface area contributed by atoms with Crippen molar-refractivity contribution in [3.8, 4) is 0 Å². The molecule has 0 saturated carbocycles. The summed E-state index contributed by atoms with van der Waals surface area (Å²) in [6.07, 6.45) is 1.25. The van der Waals surface area contributed by atoms with E-state index in [9.17, 15) is 0 Å². The summed E-state index contributed by atoms with van der Waals surface area (Å²) in [5.41, 5.74) is 1.76. The van der Waals surface area contributed by atoms with Crippen LogP contribution in [0.15, 0.2) is 30.3 Å². The molecular weight excluding hydrogens is 158 g/mol. The van der Waals surface area contributed by atoms with Gasteiger partial charge in [0.05, 0.1) is 0 Å². The van der Waals surface area contributed by atoms with Gasteiger partial charge >= 0.3 is 0 Å². The molecule has 1 aromatic rings. The average molecular weight is 175 g/mol. The molecule has 1 nitrogen and oxygen atoms in total. The van der Waals surface area contributed by atoms with Crippen LogP contribution in [-0.4, -0.2) is 12.6 Å². The average Bonchev–Trinajstić information content (AvgIpc) is 2.89. The molecule has 1 heteroatoms. The minimum absolute atomic E-state index is 0.315. The van der Waals surface area contributed by atoms with E-state index >= 15 is 0 Å². The quantitative estimate of drug-likeness (QED) is 0.700. The van der Waals surface area contributed by atoms with Crippen molar-refractivity contribution in [1.29, 1.82) is 0 Å². The van der Waals surface area contributed by atoms with Gasteiger partial charge in [0.25, 0.3) is 0 Å². The molecule has 1 heterocycles. The van der Waals surface area contributed by atoms with Gasteiger partial charge in [0.2, 0.25) is 0 Å². The first-order valence-corrected chi connectivity index (χ1v) is 4.97. The lowest BCUT2D eigenvalue weighted by atomic mass is 9.80. The number of hydrogen-bond donors (Lipinski definition) is 1. The van der Waals surface area contributed by atoms with E-state index in [0.29, 0.717) is 5.41 Å². The van der Waals surface area contributed by atoms with E-state index < -0.39 is 0 Å². The molecule has 70 valence electrons. The number of benzene rings is 1. The SMILES string of the molecule is CC(C)(CC1CN1)c1ccccc1. The van der Waals surface area contributed by atoms with E-state index in [1.165, 1.54) is 18.5 Å². The fourth-order valence-electron chi connectivity index (χ4n) is 1.85. The summed E-state index contributed by atoms with van der Waals surface area (Å²) >= 11 is 0. The molecule has 13 heavy (non-hydrogen) atoms. The molecule has 2 rings (SSSR count). The van der Waals surface area contributed by atoms with Crippen LogP contribution < -0.4 is 5.32 Å². The maximum Gasteiger partial charge on any atom is 0.0201 e. The zero-order valence-corrected chi connectivity index (χ0v) is 8.38.